The molecule has 0 radical (unpaired) electrons. The second kappa shape index (κ2) is 9.38. The molecule has 1 N–H and O–H groups in total. The monoisotopic (exact) mass is 435 g/mol. The second-order valence-electron chi connectivity index (χ2n) is 7.48. The Hall–Kier alpha value is -1.74. The largest absolute Gasteiger partial charge is 0.354 e. The van der Waals surface area contributed by atoms with E-state index in [0.717, 1.165) is 17.5 Å². The molecule has 29 heavy (non-hydrogen) atoms. The number of aryl methyl sites for hydroxylation is 2. The standard InChI is InChI=1S/C21H29N3O3S2/c1-16-6-7-20(15-17(16)2)29(26,27)24-12-10-23(11-13-24)18(3)21(25)22-9-8-19-5-4-14-28-19/h4-7,14-15,18H,8-13H2,1-3H3,(H,22,25). The molecule has 1 atom stereocenters. The van der Waals surface area contributed by atoms with E-state index in [0.29, 0.717) is 37.6 Å². The van der Waals surface area contributed by atoms with E-state index in [9.17, 15) is 13.2 Å². The van der Waals surface area contributed by atoms with Crippen molar-refractivity contribution in [3.63, 3.8) is 0 Å². The number of hydrogen-bond acceptors (Lipinski definition) is 5. The average Bonchev–Trinajstić information content (AvgIpc) is 3.23. The number of piperazine rings is 1. The molecular formula is C21H29N3O3S2. The Bertz CT molecular complexity index is 934. The van der Waals surface area contributed by atoms with Crippen molar-refractivity contribution in [2.45, 2.75) is 38.1 Å². The zero-order valence-electron chi connectivity index (χ0n) is 17.2. The van der Waals surface area contributed by atoms with E-state index in [1.165, 1.54) is 9.18 Å². The van der Waals surface area contributed by atoms with Crippen LogP contribution in [0.4, 0.5) is 0 Å². The molecule has 0 saturated carbocycles. The summed E-state index contributed by atoms with van der Waals surface area (Å²) in [5.74, 6) is -0.00739. The van der Waals surface area contributed by atoms with Gasteiger partial charge in [-0.15, -0.1) is 11.3 Å². The summed E-state index contributed by atoms with van der Waals surface area (Å²) in [5, 5.41) is 5.02. The van der Waals surface area contributed by atoms with Crippen molar-refractivity contribution in [1.29, 1.82) is 0 Å². The molecule has 0 aliphatic carbocycles. The number of nitrogens with one attached hydrogen (secondary N) is 1. The predicted molar refractivity (Wildman–Crippen MR) is 117 cm³/mol. The quantitative estimate of drug-likeness (QED) is 0.725. The van der Waals surface area contributed by atoms with Crippen molar-refractivity contribution in [2.75, 3.05) is 32.7 Å². The third-order valence-electron chi connectivity index (χ3n) is 5.57. The van der Waals surface area contributed by atoms with Crippen LogP contribution in [0.1, 0.15) is 22.9 Å². The molecule has 1 aliphatic heterocycles. The smallest absolute Gasteiger partial charge is 0.243 e. The Balaban J connectivity index is 1.52. The third-order valence-corrected chi connectivity index (χ3v) is 8.40. The van der Waals surface area contributed by atoms with Gasteiger partial charge in [-0.2, -0.15) is 4.31 Å². The highest BCUT2D eigenvalue weighted by molar-refractivity contribution is 7.89. The lowest BCUT2D eigenvalue weighted by Gasteiger charge is -2.36. The molecule has 1 amide bonds. The van der Waals surface area contributed by atoms with Gasteiger partial charge in [0.15, 0.2) is 0 Å². The summed E-state index contributed by atoms with van der Waals surface area (Å²) in [6, 6.07) is 9.06. The van der Waals surface area contributed by atoms with Crippen LogP contribution < -0.4 is 5.32 Å². The molecule has 1 saturated heterocycles. The van der Waals surface area contributed by atoms with E-state index < -0.39 is 10.0 Å². The fourth-order valence-electron chi connectivity index (χ4n) is 3.43. The zero-order valence-corrected chi connectivity index (χ0v) is 18.9. The van der Waals surface area contributed by atoms with Gasteiger partial charge in [0.1, 0.15) is 0 Å². The normalized spacial score (nSPS) is 17.2. The van der Waals surface area contributed by atoms with Crippen LogP contribution in [0.15, 0.2) is 40.6 Å². The number of carbonyl (C=O) groups excluding carboxylic acids is 1. The SMILES string of the molecule is Cc1ccc(S(=O)(=O)N2CCN(C(C)C(=O)NCCc3cccs3)CC2)cc1C. The number of amides is 1. The highest BCUT2D eigenvalue weighted by Gasteiger charge is 2.31. The average molecular weight is 436 g/mol. The van der Waals surface area contributed by atoms with Gasteiger partial charge in [-0.1, -0.05) is 12.1 Å². The lowest BCUT2D eigenvalue weighted by molar-refractivity contribution is -0.126. The predicted octanol–water partition coefficient (Wildman–Crippen LogP) is 2.42. The Labute approximate surface area is 177 Å². The molecule has 8 heteroatoms. The van der Waals surface area contributed by atoms with Crippen molar-refractivity contribution in [3.05, 3.63) is 51.7 Å². The number of sulfonamides is 1. The molecule has 1 aromatic heterocycles. The summed E-state index contributed by atoms with van der Waals surface area (Å²) in [4.78, 5) is 16.1. The molecule has 2 aromatic rings. The summed E-state index contributed by atoms with van der Waals surface area (Å²) < 4.78 is 27.4. The summed E-state index contributed by atoms with van der Waals surface area (Å²) in [5.41, 5.74) is 2.05. The maximum absolute atomic E-state index is 12.9. The molecule has 0 spiro atoms. The van der Waals surface area contributed by atoms with Crippen LogP contribution >= 0.6 is 11.3 Å². The van der Waals surface area contributed by atoms with Crippen LogP contribution in [0.2, 0.25) is 0 Å². The molecule has 3 rings (SSSR count). The third kappa shape index (κ3) is 5.25. The maximum Gasteiger partial charge on any atom is 0.243 e. The molecule has 1 fully saturated rings. The number of nitrogens with zero attached hydrogens (tertiary/aromatic N) is 2. The molecule has 1 aromatic carbocycles. The van der Waals surface area contributed by atoms with E-state index in [1.54, 1.807) is 23.5 Å². The first kappa shape index (κ1) is 22.0. The summed E-state index contributed by atoms with van der Waals surface area (Å²) in [7, 11) is -3.50. The van der Waals surface area contributed by atoms with Crippen molar-refractivity contribution in [1.82, 2.24) is 14.5 Å². The Morgan fingerprint density at radius 2 is 1.86 bits per heavy atom. The lowest BCUT2D eigenvalue weighted by atomic mass is 10.1. The molecule has 158 valence electrons. The van der Waals surface area contributed by atoms with Gasteiger partial charge in [0, 0.05) is 37.6 Å². The lowest BCUT2D eigenvalue weighted by Crippen LogP contribution is -2.55. The molecule has 6 nitrogen and oxygen atoms in total. The Kier molecular flexibility index (Phi) is 7.10. The van der Waals surface area contributed by atoms with Gasteiger partial charge < -0.3 is 5.32 Å². The van der Waals surface area contributed by atoms with Gasteiger partial charge in [0.25, 0.3) is 0 Å². The molecule has 1 aliphatic rings. The van der Waals surface area contributed by atoms with Gasteiger partial charge >= 0.3 is 0 Å². The molecule has 0 bridgehead atoms. The fraction of sp³-hybridized carbons (Fsp3) is 0.476. The number of hydrogen-bond donors (Lipinski definition) is 1. The summed E-state index contributed by atoms with van der Waals surface area (Å²) >= 11 is 1.69. The minimum Gasteiger partial charge on any atom is -0.354 e. The fourth-order valence-corrected chi connectivity index (χ4v) is 5.65. The van der Waals surface area contributed by atoms with Crippen molar-refractivity contribution < 1.29 is 13.2 Å². The van der Waals surface area contributed by atoms with E-state index in [-0.39, 0.29) is 11.9 Å². The first-order valence-corrected chi connectivity index (χ1v) is 12.2. The number of thiophene rings is 1. The Morgan fingerprint density at radius 3 is 2.48 bits per heavy atom. The van der Waals surface area contributed by atoms with Crippen LogP contribution in [0.25, 0.3) is 0 Å². The van der Waals surface area contributed by atoms with Crippen LogP contribution in [0.5, 0.6) is 0 Å². The van der Waals surface area contributed by atoms with Crippen LogP contribution in [0.3, 0.4) is 0 Å². The van der Waals surface area contributed by atoms with E-state index >= 15 is 0 Å². The van der Waals surface area contributed by atoms with Crippen LogP contribution in [0, 0.1) is 13.8 Å². The van der Waals surface area contributed by atoms with Crippen molar-refractivity contribution >= 4 is 27.3 Å². The highest BCUT2D eigenvalue weighted by atomic mass is 32.2. The highest BCUT2D eigenvalue weighted by Crippen LogP contribution is 2.21. The summed E-state index contributed by atoms with van der Waals surface area (Å²) in [6.45, 7) is 8.26. The van der Waals surface area contributed by atoms with Gasteiger partial charge in [0.05, 0.1) is 10.9 Å². The van der Waals surface area contributed by atoms with Gasteiger partial charge in [-0.05, 0) is 61.9 Å². The Morgan fingerprint density at radius 1 is 1.14 bits per heavy atom. The van der Waals surface area contributed by atoms with E-state index in [2.05, 4.69) is 11.4 Å². The maximum atomic E-state index is 12.9. The van der Waals surface area contributed by atoms with E-state index in [4.69, 9.17) is 0 Å². The van der Waals surface area contributed by atoms with Gasteiger partial charge in [-0.3, -0.25) is 9.69 Å². The topological polar surface area (TPSA) is 69.7 Å². The number of rotatable bonds is 7. The van der Waals surface area contributed by atoms with E-state index in [1.807, 2.05) is 43.2 Å². The van der Waals surface area contributed by atoms with Gasteiger partial charge in [-0.25, -0.2) is 8.42 Å². The molecule has 2 heterocycles. The minimum absolute atomic E-state index is 0.00739. The number of benzene rings is 1. The molecular weight excluding hydrogens is 406 g/mol. The van der Waals surface area contributed by atoms with Crippen molar-refractivity contribution in [2.24, 2.45) is 0 Å². The first-order valence-electron chi connectivity index (χ1n) is 9.90. The molecule has 1 unspecified atom stereocenters. The number of carbonyl (C=O) groups is 1. The van der Waals surface area contributed by atoms with Crippen LogP contribution in [-0.4, -0.2) is 62.3 Å². The van der Waals surface area contributed by atoms with Gasteiger partial charge in [0.2, 0.25) is 15.9 Å². The second-order valence-corrected chi connectivity index (χ2v) is 10.5. The van der Waals surface area contributed by atoms with Crippen molar-refractivity contribution in [3.8, 4) is 0 Å². The first-order chi connectivity index (χ1) is 13.8. The minimum atomic E-state index is -3.50. The zero-order chi connectivity index (χ0) is 21.0. The summed E-state index contributed by atoms with van der Waals surface area (Å²) in [6.07, 6.45) is 0.831. The van der Waals surface area contributed by atoms with Crippen LogP contribution in [-0.2, 0) is 21.2 Å².